The van der Waals surface area contributed by atoms with Gasteiger partial charge in [-0.1, -0.05) is 29.8 Å². The van der Waals surface area contributed by atoms with Crippen molar-refractivity contribution in [2.24, 2.45) is 0 Å². The van der Waals surface area contributed by atoms with Crippen molar-refractivity contribution < 1.29 is 14.6 Å². The van der Waals surface area contributed by atoms with Gasteiger partial charge in [0.15, 0.2) is 0 Å². The Balaban J connectivity index is 0.000000313. The summed E-state index contributed by atoms with van der Waals surface area (Å²) in [5.74, 6) is 0.749. The second-order valence-corrected chi connectivity index (χ2v) is 5.71. The molecule has 124 valence electrons. The number of carboxylic acid groups (broad SMARTS) is 1. The summed E-state index contributed by atoms with van der Waals surface area (Å²) in [4.78, 5) is 11.1. The van der Waals surface area contributed by atoms with Gasteiger partial charge >= 0.3 is 0 Å². The maximum absolute atomic E-state index is 10.2. The third kappa shape index (κ3) is 9.71. The van der Waals surface area contributed by atoms with Crippen molar-refractivity contribution in [1.29, 1.82) is 0 Å². The Morgan fingerprint density at radius 2 is 1.83 bits per heavy atom. The highest BCUT2D eigenvalue weighted by Crippen LogP contribution is 2.14. The number of carbonyl (C=O) groups excluding carboxylic acids is 1. The first kappa shape index (κ1) is 19.2. The Hall–Kier alpha value is -1.85. The number of benzene rings is 2. The first-order valence-corrected chi connectivity index (χ1v) is 7.90. The molecule has 0 aliphatic carbocycles. The van der Waals surface area contributed by atoms with Gasteiger partial charge in [0.1, 0.15) is 11.8 Å². The molecule has 0 fully saturated rings. The van der Waals surface area contributed by atoms with E-state index in [0.29, 0.717) is 13.0 Å². The molecule has 0 aliphatic heterocycles. The lowest BCUT2D eigenvalue weighted by atomic mass is 10.2. The molecular weight excluding hydrogens is 334 g/mol. The van der Waals surface area contributed by atoms with E-state index in [9.17, 15) is 9.90 Å². The van der Waals surface area contributed by atoms with E-state index in [1.54, 1.807) is 6.92 Å². The molecular formula is C17H19ClNO3S-. The van der Waals surface area contributed by atoms with E-state index in [1.165, 1.54) is 0 Å². The molecule has 0 aromatic heterocycles. The van der Waals surface area contributed by atoms with Gasteiger partial charge in [0.2, 0.25) is 0 Å². The van der Waals surface area contributed by atoms with Crippen LogP contribution in [0.25, 0.3) is 0 Å². The number of ether oxygens (including phenoxy) is 1. The molecule has 0 radical (unpaired) electrons. The number of nitrogens with one attached hydrogen (secondary N) is 1. The average Bonchev–Trinajstić information content (AvgIpc) is 2.50. The van der Waals surface area contributed by atoms with Crippen LogP contribution in [-0.4, -0.2) is 18.7 Å². The lowest BCUT2D eigenvalue weighted by Gasteiger charge is -2.15. The first-order chi connectivity index (χ1) is 11.0. The number of thiol groups is 1. The van der Waals surface area contributed by atoms with Crippen molar-refractivity contribution >= 4 is 30.3 Å². The third-order valence-electron chi connectivity index (χ3n) is 2.75. The van der Waals surface area contributed by atoms with Crippen LogP contribution < -0.4 is 15.2 Å². The second-order valence-electron chi connectivity index (χ2n) is 4.76. The van der Waals surface area contributed by atoms with Crippen molar-refractivity contribution in [3.63, 3.8) is 0 Å². The van der Waals surface area contributed by atoms with Crippen LogP contribution in [-0.2, 0) is 0 Å². The number of carbonyl (C=O) groups is 1. The zero-order valence-electron chi connectivity index (χ0n) is 12.7. The van der Waals surface area contributed by atoms with E-state index >= 15 is 0 Å². The summed E-state index contributed by atoms with van der Waals surface area (Å²) >= 11 is 9.69. The summed E-state index contributed by atoms with van der Waals surface area (Å²) in [5.41, 5.74) is 0. The van der Waals surface area contributed by atoms with Crippen LogP contribution in [0.2, 0.25) is 5.02 Å². The Labute approximate surface area is 146 Å². The predicted molar refractivity (Wildman–Crippen MR) is 93.3 cm³/mol. The van der Waals surface area contributed by atoms with Crippen molar-refractivity contribution in [2.75, 3.05) is 6.61 Å². The van der Waals surface area contributed by atoms with Gasteiger partial charge in [-0.05, 0) is 43.3 Å². The number of hydrogen-bond donors (Lipinski definition) is 2. The van der Waals surface area contributed by atoms with E-state index < -0.39 is 6.09 Å². The lowest BCUT2D eigenvalue weighted by Crippen LogP contribution is -2.42. The van der Waals surface area contributed by atoms with Crippen LogP contribution in [0.15, 0.2) is 59.5 Å². The maximum Gasteiger partial charge on any atom is 0.134 e. The molecule has 2 rings (SSSR count). The SMILES string of the molecule is CC(CCOc1ccc(S)cc1)NC(=O)[O-].Clc1ccccc1. The minimum atomic E-state index is -1.26. The van der Waals surface area contributed by atoms with Gasteiger partial charge in [0.05, 0.1) is 6.61 Å². The normalized spacial score (nSPS) is 10.9. The highest BCUT2D eigenvalue weighted by Gasteiger charge is 2.01. The molecule has 1 atom stereocenters. The lowest BCUT2D eigenvalue weighted by molar-refractivity contribution is -0.251. The fourth-order valence-electron chi connectivity index (χ4n) is 1.58. The van der Waals surface area contributed by atoms with Gasteiger partial charge in [-0.25, -0.2) is 0 Å². The summed E-state index contributed by atoms with van der Waals surface area (Å²) in [7, 11) is 0. The molecule has 2 aromatic carbocycles. The van der Waals surface area contributed by atoms with E-state index in [-0.39, 0.29) is 6.04 Å². The van der Waals surface area contributed by atoms with Crippen LogP contribution in [0.5, 0.6) is 5.75 Å². The van der Waals surface area contributed by atoms with Crippen LogP contribution in [0.3, 0.4) is 0 Å². The van der Waals surface area contributed by atoms with Crippen molar-refractivity contribution in [2.45, 2.75) is 24.3 Å². The highest BCUT2D eigenvalue weighted by molar-refractivity contribution is 7.80. The van der Waals surface area contributed by atoms with Gasteiger partial charge < -0.3 is 20.0 Å². The molecule has 4 nitrogen and oxygen atoms in total. The molecule has 0 heterocycles. The summed E-state index contributed by atoms with van der Waals surface area (Å²) in [6, 6.07) is 16.6. The van der Waals surface area contributed by atoms with E-state index in [1.807, 2.05) is 54.6 Å². The molecule has 0 spiro atoms. The van der Waals surface area contributed by atoms with Crippen LogP contribution in [0, 0.1) is 0 Å². The molecule has 1 N–H and O–H groups in total. The Kier molecular flexibility index (Phi) is 9.02. The van der Waals surface area contributed by atoms with Gasteiger partial charge in [0.25, 0.3) is 0 Å². The predicted octanol–water partition coefficient (Wildman–Crippen LogP) is 3.41. The largest absolute Gasteiger partial charge is 0.530 e. The van der Waals surface area contributed by atoms with Gasteiger partial charge in [-0.15, -0.1) is 12.6 Å². The number of hydrogen-bond acceptors (Lipinski definition) is 4. The molecule has 0 saturated heterocycles. The van der Waals surface area contributed by atoms with Crippen molar-refractivity contribution in [1.82, 2.24) is 5.32 Å². The molecule has 2 aromatic rings. The molecule has 0 bridgehead atoms. The monoisotopic (exact) mass is 352 g/mol. The van der Waals surface area contributed by atoms with Crippen LogP contribution in [0.4, 0.5) is 4.79 Å². The average molecular weight is 353 g/mol. The first-order valence-electron chi connectivity index (χ1n) is 7.07. The minimum absolute atomic E-state index is 0.172. The zero-order valence-corrected chi connectivity index (χ0v) is 14.4. The van der Waals surface area contributed by atoms with Crippen molar-refractivity contribution in [3.05, 3.63) is 59.6 Å². The van der Waals surface area contributed by atoms with E-state index in [4.69, 9.17) is 16.3 Å². The topological polar surface area (TPSA) is 61.4 Å². The Morgan fingerprint density at radius 3 is 2.30 bits per heavy atom. The second kappa shape index (κ2) is 10.8. The maximum atomic E-state index is 10.2. The standard InChI is InChI=1S/C11H15NO3S.C6H5Cl/c1-8(12-11(13)14)6-7-15-9-2-4-10(16)5-3-9;7-6-4-2-1-3-5-6/h2-5,8,12,16H,6-7H2,1H3,(H,13,14);1-5H/p-1. The van der Waals surface area contributed by atoms with Crippen LogP contribution >= 0.6 is 24.2 Å². The fraction of sp³-hybridized carbons (Fsp3) is 0.235. The van der Waals surface area contributed by atoms with Crippen LogP contribution in [0.1, 0.15) is 13.3 Å². The number of amides is 1. The van der Waals surface area contributed by atoms with Gasteiger partial charge in [0, 0.05) is 22.4 Å². The molecule has 0 aliphatic rings. The Morgan fingerprint density at radius 1 is 1.22 bits per heavy atom. The number of rotatable bonds is 5. The summed E-state index contributed by atoms with van der Waals surface area (Å²) < 4.78 is 5.43. The van der Waals surface area contributed by atoms with Gasteiger partial charge in [-0.2, -0.15) is 0 Å². The zero-order chi connectivity index (χ0) is 17.1. The van der Waals surface area contributed by atoms with Gasteiger partial charge in [-0.3, -0.25) is 0 Å². The molecule has 1 unspecified atom stereocenters. The fourth-order valence-corrected chi connectivity index (χ4v) is 1.88. The van der Waals surface area contributed by atoms with E-state index in [2.05, 4.69) is 17.9 Å². The number of halogens is 1. The molecule has 6 heteroatoms. The van der Waals surface area contributed by atoms with Crippen molar-refractivity contribution in [3.8, 4) is 5.75 Å². The highest BCUT2D eigenvalue weighted by atomic mass is 35.5. The summed E-state index contributed by atoms with van der Waals surface area (Å²) in [6.45, 7) is 2.21. The third-order valence-corrected chi connectivity index (χ3v) is 3.30. The smallest absolute Gasteiger partial charge is 0.134 e. The molecule has 23 heavy (non-hydrogen) atoms. The minimum Gasteiger partial charge on any atom is -0.530 e. The van der Waals surface area contributed by atoms with E-state index in [0.717, 1.165) is 15.7 Å². The summed E-state index contributed by atoms with van der Waals surface area (Å²) in [5, 5.41) is 13.3. The molecule has 1 amide bonds. The summed E-state index contributed by atoms with van der Waals surface area (Å²) in [6.07, 6.45) is -0.664. The molecule has 0 saturated carbocycles. The quantitative estimate of drug-likeness (QED) is 0.811. The Bertz CT molecular complexity index is 578.